The Morgan fingerprint density at radius 1 is 1.31 bits per heavy atom. The van der Waals surface area contributed by atoms with Crippen LogP contribution in [0, 0.1) is 29.0 Å². The van der Waals surface area contributed by atoms with Gasteiger partial charge in [-0.15, -0.1) is 0 Å². The van der Waals surface area contributed by atoms with Crippen molar-refractivity contribution in [2.75, 3.05) is 0 Å². The Balaban J connectivity index is 1.19. The van der Waals surface area contributed by atoms with Gasteiger partial charge in [-0.3, -0.25) is 9.36 Å². The largest absolute Gasteiger partial charge is 0.337 e. The molecule has 2 aliphatic rings. The van der Waals surface area contributed by atoms with Crippen LogP contribution in [-0.2, 0) is 13.6 Å². The van der Waals surface area contributed by atoms with E-state index < -0.39 is 5.82 Å². The molecule has 3 aromatic heterocycles. The van der Waals surface area contributed by atoms with Crippen molar-refractivity contribution < 1.29 is 8.91 Å². The molecule has 0 spiro atoms. The summed E-state index contributed by atoms with van der Waals surface area (Å²) in [5, 5.41) is 13.0. The summed E-state index contributed by atoms with van der Waals surface area (Å²) in [6.45, 7) is 0.133. The van der Waals surface area contributed by atoms with Crippen molar-refractivity contribution in [2.24, 2.45) is 18.9 Å². The normalized spacial score (nSPS) is 21.4. The number of benzene rings is 1. The second-order valence-corrected chi connectivity index (χ2v) is 8.22. The highest BCUT2D eigenvalue weighted by Gasteiger charge is 2.55. The lowest BCUT2D eigenvalue weighted by molar-refractivity contribution is 0.364. The topological polar surface area (TPSA) is 115 Å². The van der Waals surface area contributed by atoms with Crippen molar-refractivity contribution in [1.29, 1.82) is 5.26 Å². The maximum Gasteiger partial charge on any atom is 0.280 e. The van der Waals surface area contributed by atoms with Gasteiger partial charge in [-0.1, -0.05) is 17.3 Å². The van der Waals surface area contributed by atoms with Crippen LogP contribution in [0.2, 0.25) is 0 Å². The second-order valence-electron chi connectivity index (χ2n) is 8.22. The van der Waals surface area contributed by atoms with Crippen molar-refractivity contribution >= 4 is 16.7 Å². The summed E-state index contributed by atoms with van der Waals surface area (Å²) in [5.74, 6) is 1.26. The summed E-state index contributed by atoms with van der Waals surface area (Å²) in [7, 11) is 1.74. The summed E-state index contributed by atoms with van der Waals surface area (Å²) in [6, 6.07) is 6.55. The Labute approximate surface area is 180 Å². The Hall–Kier alpha value is -4.13. The quantitative estimate of drug-likeness (QED) is 0.489. The van der Waals surface area contributed by atoms with Gasteiger partial charge in [0.05, 0.1) is 11.9 Å². The molecule has 0 unspecified atom stereocenters. The summed E-state index contributed by atoms with van der Waals surface area (Å²) in [6.07, 6.45) is 5.91. The Bertz CT molecular complexity index is 1520. The van der Waals surface area contributed by atoms with E-state index in [2.05, 4.69) is 26.2 Å². The molecule has 0 amide bonds. The van der Waals surface area contributed by atoms with E-state index in [0.29, 0.717) is 28.8 Å². The number of hydrogen-bond donors (Lipinski definition) is 0. The molecule has 0 bridgehead atoms. The van der Waals surface area contributed by atoms with Gasteiger partial charge in [-0.25, -0.2) is 14.4 Å². The van der Waals surface area contributed by atoms with E-state index in [0.717, 1.165) is 17.6 Å². The zero-order valence-corrected chi connectivity index (χ0v) is 16.9. The van der Waals surface area contributed by atoms with Crippen LogP contribution in [0.5, 0.6) is 0 Å². The van der Waals surface area contributed by atoms with E-state index in [-0.39, 0.29) is 29.5 Å². The first-order valence-corrected chi connectivity index (χ1v) is 10.1. The fourth-order valence-electron chi connectivity index (χ4n) is 4.63. The number of fused-ring (bicyclic) bond motifs is 2. The van der Waals surface area contributed by atoms with Gasteiger partial charge in [0.1, 0.15) is 24.8 Å². The molecule has 3 heterocycles. The lowest BCUT2D eigenvalue weighted by Gasteiger charge is -2.06. The molecule has 1 saturated carbocycles. The molecule has 4 aromatic rings. The van der Waals surface area contributed by atoms with E-state index >= 15 is 0 Å². The van der Waals surface area contributed by atoms with Crippen LogP contribution >= 0.6 is 0 Å². The smallest absolute Gasteiger partial charge is 0.280 e. The molecule has 1 aromatic carbocycles. The molecule has 32 heavy (non-hydrogen) atoms. The molecule has 158 valence electrons. The monoisotopic (exact) mass is 429 g/mol. The molecule has 10 heteroatoms. The number of allylic oxidation sites excluding steroid dienone is 2. The van der Waals surface area contributed by atoms with E-state index in [9.17, 15) is 9.18 Å². The first kappa shape index (κ1) is 18.6. The predicted molar refractivity (Wildman–Crippen MR) is 110 cm³/mol. The minimum absolute atomic E-state index is 0.0477. The van der Waals surface area contributed by atoms with Gasteiger partial charge in [0, 0.05) is 13.0 Å². The van der Waals surface area contributed by atoms with Gasteiger partial charge in [0.15, 0.2) is 17.0 Å². The average Bonchev–Trinajstić information content (AvgIpc) is 3.21. The molecule has 0 radical (unpaired) electrons. The molecule has 0 saturated heterocycles. The number of nitriles is 1. The zero-order valence-electron chi connectivity index (χ0n) is 16.9. The minimum Gasteiger partial charge on any atom is -0.337 e. The van der Waals surface area contributed by atoms with Gasteiger partial charge in [0.2, 0.25) is 5.89 Å². The summed E-state index contributed by atoms with van der Waals surface area (Å²) in [5.41, 5.74) is 2.52. The fraction of sp³-hybridized carbons (Fsp3) is 0.273. The van der Waals surface area contributed by atoms with Crippen LogP contribution in [-0.4, -0.2) is 29.2 Å². The van der Waals surface area contributed by atoms with Gasteiger partial charge < -0.3 is 9.09 Å². The third-order valence-electron chi connectivity index (χ3n) is 6.33. The average molecular weight is 429 g/mol. The highest BCUT2D eigenvalue weighted by atomic mass is 19.1. The third kappa shape index (κ3) is 2.78. The van der Waals surface area contributed by atoms with Gasteiger partial charge in [-0.2, -0.15) is 10.2 Å². The summed E-state index contributed by atoms with van der Waals surface area (Å²) < 4.78 is 22.4. The Morgan fingerprint density at radius 2 is 2.16 bits per heavy atom. The summed E-state index contributed by atoms with van der Waals surface area (Å²) >= 11 is 0. The highest BCUT2D eigenvalue weighted by molar-refractivity contribution is 5.71. The second kappa shape index (κ2) is 6.68. The molecular formula is C22H16FN7O2. The van der Waals surface area contributed by atoms with Gasteiger partial charge in [-0.05, 0) is 41.5 Å². The van der Waals surface area contributed by atoms with E-state index in [1.807, 2.05) is 6.07 Å². The zero-order chi connectivity index (χ0) is 22.0. The maximum absolute atomic E-state index is 13.9. The molecule has 1 fully saturated rings. The van der Waals surface area contributed by atoms with E-state index in [1.54, 1.807) is 24.0 Å². The molecule has 9 nitrogen and oxygen atoms in total. The SMILES string of the molecule is Cn1cnc2ncn(Cc3nc([C@@H]4[C@H]5C=C(c6ccc(C#N)c(F)c6)C[C@H]54)no3)c(=O)c21. The first-order valence-electron chi connectivity index (χ1n) is 10.1. The van der Waals surface area contributed by atoms with Crippen molar-refractivity contribution in [2.45, 2.75) is 18.9 Å². The van der Waals surface area contributed by atoms with Crippen LogP contribution in [0.15, 0.2) is 46.2 Å². The van der Waals surface area contributed by atoms with E-state index in [4.69, 9.17) is 9.78 Å². The number of nitrogens with zero attached hydrogens (tertiary/aromatic N) is 7. The molecule has 0 N–H and O–H groups in total. The fourth-order valence-corrected chi connectivity index (χ4v) is 4.63. The molecule has 3 atom stereocenters. The predicted octanol–water partition coefficient (Wildman–Crippen LogP) is 2.39. The maximum atomic E-state index is 13.9. The number of hydrogen-bond acceptors (Lipinski definition) is 7. The molecule has 2 aliphatic carbocycles. The lowest BCUT2D eigenvalue weighted by Crippen LogP contribution is -2.22. The van der Waals surface area contributed by atoms with Crippen molar-refractivity contribution in [3.05, 3.63) is 75.9 Å². The lowest BCUT2D eigenvalue weighted by atomic mass is 9.99. The van der Waals surface area contributed by atoms with Crippen molar-refractivity contribution in [3.8, 4) is 6.07 Å². The van der Waals surface area contributed by atoms with Crippen LogP contribution in [0.25, 0.3) is 16.7 Å². The summed E-state index contributed by atoms with van der Waals surface area (Å²) in [4.78, 5) is 25.5. The number of halogens is 1. The standard InChI is InChI=1S/C22H16FN7O2/c1-29-9-25-21-19(29)22(31)30(10-26-21)8-17-27-20(28-32-17)18-14-4-13(5-15(14)18)11-2-3-12(7-24)16(23)6-11/h2-4,6,9-10,14-15,18H,5,8H2,1H3/t14-,15+,18+/m0/s1. The number of rotatable bonds is 4. The number of aromatic nitrogens is 6. The van der Waals surface area contributed by atoms with Crippen LogP contribution in [0.4, 0.5) is 4.39 Å². The van der Waals surface area contributed by atoms with E-state index in [1.165, 1.54) is 23.0 Å². The van der Waals surface area contributed by atoms with Crippen LogP contribution < -0.4 is 5.56 Å². The number of imidazole rings is 1. The van der Waals surface area contributed by atoms with Crippen molar-refractivity contribution in [3.63, 3.8) is 0 Å². The Morgan fingerprint density at radius 3 is 2.91 bits per heavy atom. The van der Waals surface area contributed by atoms with Crippen molar-refractivity contribution in [1.82, 2.24) is 29.2 Å². The van der Waals surface area contributed by atoms with Gasteiger partial charge >= 0.3 is 0 Å². The molecule has 0 aliphatic heterocycles. The van der Waals surface area contributed by atoms with Gasteiger partial charge in [0.25, 0.3) is 5.56 Å². The van der Waals surface area contributed by atoms with Crippen LogP contribution in [0.3, 0.4) is 0 Å². The highest BCUT2D eigenvalue weighted by Crippen LogP contribution is 2.62. The van der Waals surface area contributed by atoms with Crippen LogP contribution in [0.1, 0.15) is 35.2 Å². The molecule has 6 rings (SSSR count). The first-order chi connectivity index (χ1) is 15.5. The Kier molecular flexibility index (Phi) is 3.89. The molecular weight excluding hydrogens is 413 g/mol. The third-order valence-corrected chi connectivity index (χ3v) is 6.33. The minimum atomic E-state index is -0.500. The number of aryl methyl sites for hydroxylation is 1.